The number of ether oxygens (including phenoxy) is 2. The zero-order valence-electron chi connectivity index (χ0n) is 13.9. The van der Waals surface area contributed by atoms with E-state index in [9.17, 15) is 4.79 Å². The minimum atomic E-state index is -0.356. The molecule has 0 aliphatic rings. The molecule has 0 saturated heterocycles. The third kappa shape index (κ3) is 3.12. The molecule has 3 aromatic rings. The topological polar surface area (TPSA) is 76.6 Å². The fourth-order valence-electron chi connectivity index (χ4n) is 2.40. The van der Waals surface area contributed by atoms with E-state index in [-0.39, 0.29) is 5.91 Å². The largest absolute Gasteiger partial charge is 0.493 e. The van der Waals surface area contributed by atoms with Crippen LogP contribution in [-0.2, 0) is 7.05 Å². The number of rotatable bonds is 3. The molecule has 0 bridgehead atoms. The molecule has 0 unspecified atom stereocenters. The van der Waals surface area contributed by atoms with Crippen molar-refractivity contribution in [3.63, 3.8) is 0 Å². The molecule has 6 nitrogen and oxygen atoms in total. The minimum Gasteiger partial charge on any atom is -0.493 e. The van der Waals surface area contributed by atoms with Crippen LogP contribution in [-0.4, -0.2) is 24.7 Å². The Kier molecular flexibility index (Phi) is 4.55. The zero-order chi connectivity index (χ0) is 18.0. The molecule has 1 aromatic heterocycles. The molecule has 25 heavy (non-hydrogen) atoms. The van der Waals surface area contributed by atoms with Crippen molar-refractivity contribution in [2.75, 3.05) is 14.2 Å². The number of methoxy groups -OCH3 is 2. The van der Waals surface area contributed by atoms with Gasteiger partial charge in [0.15, 0.2) is 16.3 Å². The molecule has 0 saturated carbocycles. The standard InChI is InChI=1S/C18H15N3O3S/c1-21-13-8-14(23-2)15(24-3)9-16(13)25-18(21)20-17(22)12-6-4-11(10-19)5-7-12/h4-9H,1-3H3. The highest BCUT2D eigenvalue weighted by molar-refractivity contribution is 7.16. The molecule has 0 fully saturated rings. The average molecular weight is 353 g/mol. The van der Waals surface area contributed by atoms with E-state index in [0.717, 1.165) is 10.2 Å². The number of hydrogen-bond acceptors (Lipinski definition) is 5. The van der Waals surface area contributed by atoms with Gasteiger partial charge in [-0.15, -0.1) is 0 Å². The van der Waals surface area contributed by atoms with Crippen molar-refractivity contribution in [1.29, 1.82) is 5.26 Å². The van der Waals surface area contributed by atoms with Gasteiger partial charge in [0.1, 0.15) is 0 Å². The third-order valence-electron chi connectivity index (χ3n) is 3.77. The minimum absolute atomic E-state index is 0.356. The summed E-state index contributed by atoms with van der Waals surface area (Å²) in [5, 5.41) is 8.82. The van der Waals surface area contributed by atoms with Gasteiger partial charge in [0, 0.05) is 24.7 Å². The first-order chi connectivity index (χ1) is 12.1. The molecule has 0 aliphatic carbocycles. The van der Waals surface area contributed by atoms with Gasteiger partial charge in [-0.1, -0.05) is 11.3 Å². The maximum Gasteiger partial charge on any atom is 0.279 e. The molecule has 0 atom stereocenters. The first-order valence-corrected chi connectivity index (χ1v) is 8.19. The average Bonchev–Trinajstić information content (AvgIpc) is 2.95. The van der Waals surface area contributed by atoms with Crippen molar-refractivity contribution < 1.29 is 14.3 Å². The lowest BCUT2D eigenvalue weighted by Gasteiger charge is -2.07. The van der Waals surface area contributed by atoms with E-state index < -0.39 is 0 Å². The van der Waals surface area contributed by atoms with Crippen LogP contribution in [0.4, 0.5) is 0 Å². The second kappa shape index (κ2) is 6.79. The van der Waals surface area contributed by atoms with Crippen molar-refractivity contribution in [3.05, 3.63) is 52.3 Å². The molecule has 0 radical (unpaired) electrons. The van der Waals surface area contributed by atoms with E-state index in [1.165, 1.54) is 11.3 Å². The van der Waals surface area contributed by atoms with E-state index in [0.29, 0.717) is 27.4 Å². The van der Waals surface area contributed by atoms with Crippen LogP contribution >= 0.6 is 11.3 Å². The van der Waals surface area contributed by atoms with E-state index in [4.69, 9.17) is 14.7 Å². The van der Waals surface area contributed by atoms with Gasteiger partial charge in [-0.2, -0.15) is 10.3 Å². The van der Waals surface area contributed by atoms with Crippen LogP contribution in [0.25, 0.3) is 10.2 Å². The summed E-state index contributed by atoms with van der Waals surface area (Å²) in [6, 6.07) is 12.1. The Morgan fingerprint density at radius 3 is 2.40 bits per heavy atom. The van der Waals surface area contributed by atoms with Gasteiger partial charge < -0.3 is 14.0 Å². The molecule has 0 spiro atoms. The first-order valence-electron chi connectivity index (χ1n) is 7.38. The highest BCUT2D eigenvalue weighted by Crippen LogP contribution is 2.33. The lowest BCUT2D eigenvalue weighted by atomic mass is 10.1. The summed E-state index contributed by atoms with van der Waals surface area (Å²) >= 11 is 1.39. The quantitative estimate of drug-likeness (QED) is 0.725. The molecule has 1 amide bonds. The van der Waals surface area contributed by atoms with E-state index in [2.05, 4.69) is 4.99 Å². The molecule has 126 valence electrons. The van der Waals surface area contributed by atoms with Crippen LogP contribution in [0.3, 0.4) is 0 Å². The number of benzene rings is 2. The molecular formula is C18H15N3O3S. The van der Waals surface area contributed by atoms with E-state index in [1.807, 2.05) is 29.8 Å². The Morgan fingerprint density at radius 2 is 1.80 bits per heavy atom. The Balaban J connectivity index is 2.08. The smallest absolute Gasteiger partial charge is 0.279 e. The molecule has 1 heterocycles. The number of aromatic nitrogens is 1. The van der Waals surface area contributed by atoms with Gasteiger partial charge in [-0.25, -0.2) is 0 Å². The maximum absolute atomic E-state index is 12.4. The number of aryl methyl sites for hydroxylation is 1. The Labute approximate surface area is 148 Å². The Hall–Kier alpha value is -3.11. The first kappa shape index (κ1) is 16.7. The Morgan fingerprint density at radius 1 is 1.16 bits per heavy atom. The zero-order valence-corrected chi connectivity index (χ0v) is 14.8. The molecule has 3 rings (SSSR count). The van der Waals surface area contributed by atoms with Crippen molar-refractivity contribution in [1.82, 2.24) is 4.57 Å². The number of fused-ring (bicyclic) bond motifs is 1. The SMILES string of the molecule is COc1cc2sc(=NC(=O)c3ccc(C#N)cc3)n(C)c2cc1OC. The summed E-state index contributed by atoms with van der Waals surface area (Å²) in [7, 11) is 5.00. The van der Waals surface area contributed by atoms with E-state index >= 15 is 0 Å². The van der Waals surface area contributed by atoms with Gasteiger partial charge in [0.05, 0.1) is 36.1 Å². The summed E-state index contributed by atoms with van der Waals surface area (Å²) in [6.07, 6.45) is 0. The van der Waals surface area contributed by atoms with Crippen LogP contribution in [0, 0.1) is 11.3 Å². The number of carbonyl (C=O) groups is 1. The van der Waals surface area contributed by atoms with Gasteiger partial charge in [0.25, 0.3) is 5.91 Å². The van der Waals surface area contributed by atoms with Gasteiger partial charge in [-0.3, -0.25) is 4.79 Å². The van der Waals surface area contributed by atoms with Gasteiger partial charge in [0.2, 0.25) is 0 Å². The van der Waals surface area contributed by atoms with Crippen molar-refractivity contribution >= 4 is 27.5 Å². The van der Waals surface area contributed by atoms with Crippen LogP contribution in [0.2, 0.25) is 0 Å². The fraction of sp³-hybridized carbons (Fsp3) is 0.167. The fourth-order valence-corrected chi connectivity index (χ4v) is 3.43. The van der Waals surface area contributed by atoms with Crippen LogP contribution in [0.5, 0.6) is 11.5 Å². The van der Waals surface area contributed by atoms with Crippen LogP contribution in [0.1, 0.15) is 15.9 Å². The number of nitrogens with zero attached hydrogens (tertiary/aromatic N) is 3. The lowest BCUT2D eigenvalue weighted by molar-refractivity contribution is 0.0998. The monoisotopic (exact) mass is 353 g/mol. The molecular weight excluding hydrogens is 338 g/mol. The third-order valence-corrected chi connectivity index (χ3v) is 4.87. The second-order valence-corrected chi connectivity index (χ2v) is 6.23. The molecule has 2 aromatic carbocycles. The number of hydrogen-bond donors (Lipinski definition) is 0. The van der Waals surface area contributed by atoms with Gasteiger partial charge in [-0.05, 0) is 24.3 Å². The van der Waals surface area contributed by atoms with Crippen LogP contribution in [0.15, 0.2) is 41.4 Å². The number of amides is 1. The predicted octanol–water partition coefficient (Wildman–Crippen LogP) is 2.87. The van der Waals surface area contributed by atoms with Crippen LogP contribution < -0.4 is 14.3 Å². The van der Waals surface area contributed by atoms with Crippen molar-refractivity contribution in [2.45, 2.75) is 0 Å². The molecule has 0 N–H and O–H groups in total. The normalized spacial score (nSPS) is 11.4. The summed E-state index contributed by atoms with van der Waals surface area (Å²) in [4.78, 5) is 17.2. The maximum atomic E-state index is 12.4. The summed E-state index contributed by atoms with van der Waals surface area (Å²) in [5.41, 5.74) is 1.84. The highest BCUT2D eigenvalue weighted by atomic mass is 32.1. The summed E-state index contributed by atoms with van der Waals surface area (Å²) in [5.74, 6) is 0.890. The second-order valence-electron chi connectivity index (χ2n) is 5.22. The number of nitriles is 1. The molecule has 7 heteroatoms. The summed E-state index contributed by atoms with van der Waals surface area (Å²) in [6.45, 7) is 0. The predicted molar refractivity (Wildman–Crippen MR) is 95.0 cm³/mol. The number of thiazole rings is 1. The number of carbonyl (C=O) groups excluding carboxylic acids is 1. The van der Waals surface area contributed by atoms with E-state index in [1.54, 1.807) is 38.5 Å². The summed E-state index contributed by atoms with van der Waals surface area (Å²) < 4.78 is 13.4. The lowest BCUT2D eigenvalue weighted by Crippen LogP contribution is -2.13. The van der Waals surface area contributed by atoms with Gasteiger partial charge >= 0.3 is 0 Å². The highest BCUT2D eigenvalue weighted by Gasteiger charge is 2.12. The molecule has 0 aliphatic heterocycles. The van der Waals surface area contributed by atoms with Crippen molar-refractivity contribution in [2.24, 2.45) is 12.0 Å². The Bertz CT molecular complexity index is 1060. The van der Waals surface area contributed by atoms with Crippen molar-refractivity contribution in [3.8, 4) is 17.6 Å².